The molecule has 1 amide bonds. The summed E-state index contributed by atoms with van der Waals surface area (Å²) in [7, 11) is 3.08. The van der Waals surface area contributed by atoms with Gasteiger partial charge in [0.1, 0.15) is 0 Å². The summed E-state index contributed by atoms with van der Waals surface area (Å²) in [5.74, 6) is 0.695. The van der Waals surface area contributed by atoms with Gasteiger partial charge in [-0.25, -0.2) is 0 Å². The van der Waals surface area contributed by atoms with Crippen LogP contribution >= 0.6 is 0 Å². The van der Waals surface area contributed by atoms with Gasteiger partial charge in [-0.1, -0.05) is 12.1 Å². The second-order valence-corrected chi connectivity index (χ2v) is 6.82. The molecular formula is C22H24F3NO4. The van der Waals surface area contributed by atoms with E-state index >= 15 is 0 Å². The van der Waals surface area contributed by atoms with Gasteiger partial charge < -0.3 is 14.4 Å². The summed E-state index contributed by atoms with van der Waals surface area (Å²) in [5.41, 5.74) is 0.411. The summed E-state index contributed by atoms with van der Waals surface area (Å²) in [5, 5.41) is 0. The molecule has 0 saturated heterocycles. The van der Waals surface area contributed by atoms with Crippen molar-refractivity contribution in [2.24, 2.45) is 0 Å². The lowest BCUT2D eigenvalue weighted by Gasteiger charge is -2.18. The molecule has 0 aliphatic rings. The highest BCUT2D eigenvalue weighted by Crippen LogP contribution is 2.30. The molecule has 0 radical (unpaired) electrons. The standard InChI is InChI=1S/C22H24F3NO4/c1-15(27)17-8-11-19(20(13-17)29-3)30-12-4-5-21(28)26(2)14-16-6-9-18(10-7-16)22(23,24)25/h6-11,13H,4-5,12,14H2,1-3H3. The molecule has 5 nitrogen and oxygen atoms in total. The van der Waals surface area contributed by atoms with Crippen LogP contribution < -0.4 is 9.47 Å². The molecule has 0 fully saturated rings. The minimum absolute atomic E-state index is 0.0819. The number of alkyl halides is 3. The van der Waals surface area contributed by atoms with Gasteiger partial charge in [-0.05, 0) is 49.2 Å². The topological polar surface area (TPSA) is 55.8 Å². The van der Waals surface area contributed by atoms with Crippen molar-refractivity contribution < 1.29 is 32.2 Å². The van der Waals surface area contributed by atoms with Gasteiger partial charge in [0.2, 0.25) is 5.91 Å². The fraction of sp³-hybridized carbons (Fsp3) is 0.364. The van der Waals surface area contributed by atoms with Crippen molar-refractivity contribution in [2.45, 2.75) is 32.5 Å². The fourth-order valence-corrected chi connectivity index (χ4v) is 2.76. The average molecular weight is 423 g/mol. The predicted molar refractivity (Wildman–Crippen MR) is 106 cm³/mol. The van der Waals surface area contributed by atoms with E-state index in [0.29, 0.717) is 29.0 Å². The number of hydrogen-bond acceptors (Lipinski definition) is 4. The maximum Gasteiger partial charge on any atom is 0.416 e. The number of Topliss-reactive ketones (excluding diaryl/α,β-unsaturated/α-hetero) is 1. The number of hydrogen-bond donors (Lipinski definition) is 0. The summed E-state index contributed by atoms with van der Waals surface area (Å²) in [6, 6.07) is 9.63. The predicted octanol–water partition coefficient (Wildman–Crippen LogP) is 4.73. The van der Waals surface area contributed by atoms with E-state index in [0.717, 1.165) is 12.1 Å². The first-order valence-corrected chi connectivity index (χ1v) is 9.33. The Morgan fingerprint density at radius 2 is 1.70 bits per heavy atom. The van der Waals surface area contributed by atoms with Gasteiger partial charge >= 0.3 is 6.18 Å². The van der Waals surface area contributed by atoms with E-state index in [9.17, 15) is 22.8 Å². The van der Waals surface area contributed by atoms with Gasteiger partial charge in [-0.15, -0.1) is 0 Å². The Kier molecular flexibility index (Phi) is 7.86. The fourth-order valence-electron chi connectivity index (χ4n) is 2.76. The number of carbonyl (C=O) groups excluding carboxylic acids is 2. The Hall–Kier alpha value is -3.03. The molecule has 2 aromatic rings. The number of methoxy groups -OCH3 is 1. The highest BCUT2D eigenvalue weighted by Gasteiger charge is 2.30. The Balaban J connectivity index is 1.81. The van der Waals surface area contributed by atoms with Crippen molar-refractivity contribution in [1.82, 2.24) is 4.90 Å². The van der Waals surface area contributed by atoms with E-state index in [-0.39, 0.29) is 31.3 Å². The number of amides is 1. The van der Waals surface area contributed by atoms with E-state index in [1.54, 1.807) is 25.2 Å². The van der Waals surface area contributed by atoms with Gasteiger partial charge in [0, 0.05) is 25.6 Å². The molecule has 8 heteroatoms. The Bertz CT molecular complexity index is 879. The molecule has 2 aromatic carbocycles. The molecule has 2 rings (SSSR count). The minimum Gasteiger partial charge on any atom is -0.493 e. The van der Waals surface area contributed by atoms with Crippen LogP contribution in [0, 0.1) is 0 Å². The summed E-state index contributed by atoms with van der Waals surface area (Å²) in [6.45, 7) is 1.95. The van der Waals surface area contributed by atoms with Crippen molar-refractivity contribution in [3.05, 3.63) is 59.2 Å². The third kappa shape index (κ3) is 6.50. The van der Waals surface area contributed by atoms with E-state index in [2.05, 4.69) is 0 Å². The number of benzene rings is 2. The zero-order valence-corrected chi connectivity index (χ0v) is 17.1. The van der Waals surface area contributed by atoms with Crippen molar-refractivity contribution in [3.8, 4) is 11.5 Å². The summed E-state index contributed by atoms with van der Waals surface area (Å²) in [6.07, 6.45) is -3.70. The molecular weight excluding hydrogens is 399 g/mol. The molecule has 0 bridgehead atoms. The molecule has 0 spiro atoms. The Labute approximate surface area is 173 Å². The number of ether oxygens (including phenoxy) is 2. The third-order valence-electron chi connectivity index (χ3n) is 4.49. The average Bonchev–Trinajstić information content (AvgIpc) is 2.70. The Morgan fingerprint density at radius 1 is 1.03 bits per heavy atom. The van der Waals surface area contributed by atoms with Crippen LogP contribution in [-0.2, 0) is 17.5 Å². The molecule has 0 heterocycles. The Morgan fingerprint density at radius 3 is 2.27 bits per heavy atom. The van der Waals surface area contributed by atoms with Crippen molar-refractivity contribution in [3.63, 3.8) is 0 Å². The molecule has 0 saturated carbocycles. The smallest absolute Gasteiger partial charge is 0.416 e. The zero-order valence-electron chi connectivity index (χ0n) is 17.1. The molecule has 0 aromatic heterocycles. The van der Waals surface area contributed by atoms with E-state index in [1.165, 1.54) is 31.1 Å². The number of ketones is 1. The quantitative estimate of drug-likeness (QED) is 0.432. The number of nitrogens with zero attached hydrogens (tertiary/aromatic N) is 1. The van der Waals surface area contributed by atoms with Crippen LogP contribution in [0.1, 0.15) is 41.3 Å². The van der Waals surface area contributed by atoms with Crippen molar-refractivity contribution in [2.75, 3.05) is 20.8 Å². The zero-order chi connectivity index (χ0) is 22.3. The third-order valence-corrected chi connectivity index (χ3v) is 4.49. The largest absolute Gasteiger partial charge is 0.493 e. The molecule has 0 aliphatic heterocycles. The minimum atomic E-state index is -4.38. The molecule has 30 heavy (non-hydrogen) atoms. The summed E-state index contributed by atoms with van der Waals surface area (Å²) >= 11 is 0. The normalized spacial score (nSPS) is 11.1. The lowest BCUT2D eigenvalue weighted by molar-refractivity contribution is -0.137. The second-order valence-electron chi connectivity index (χ2n) is 6.82. The van der Waals surface area contributed by atoms with Crippen molar-refractivity contribution >= 4 is 11.7 Å². The van der Waals surface area contributed by atoms with Crippen LogP contribution in [0.25, 0.3) is 0 Å². The highest BCUT2D eigenvalue weighted by atomic mass is 19.4. The molecule has 162 valence electrons. The van der Waals surface area contributed by atoms with Crippen LogP contribution in [0.4, 0.5) is 13.2 Å². The number of rotatable bonds is 9. The molecule has 0 aliphatic carbocycles. The van der Waals surface area contributed by atoms with Crippen LogP contribution in [0.15, 0.2) is 42.5 Å². The number of carbonyl (C=O) groups is 2. The van der Waals surface area contributed by atoms with E-state index < -0.39 is 11.7 Å². The van der Waals surface area contributed by atoms with Crippen LogP contribution in [0.3, 0.4) is 0 Å². The lowest BCUT2D eigenvalue weighted by Crippen LogP contribution is -2.26. The van der Waals surface area contributed by atoms with Crippen LogP contribution in [-0.4, -0.2) is 37.4 Å². The molecule has 0 N–H and O–H groups in total. The van der Waals surface area contributed by atoms with Gasteiger partial charge in [0.05, 0.1) is 19.3 Å². The molecule has 0 unspecified atom stereocenters. The SMILES string of the molecule is COc1cc(C(C)=O)ccc1OCCCC(=O)N(C)Cc1ccc(C(F)(F)F)cc1. The second kappa shape index (κ2) is 10.1. The maximum absolute atomic E-state index is 12.6. The lowest BCUT2D eigenvalue weighted by atomic mass is 10.1. The monoisotopic (exact) mass is 423 g/mol. The molecule has 0 atom stereocenters. The van der Waals surface area contributed by atoms with Gasteiger partial charge in [0.25, 0.3) is 0 Å². The highest BCUT2D eigenvalue weighted by molar-refractivity contribution is 5.94. The van der Waals surface area contributed by atoms with Gasteiger partial charge in [-0.2, -0.15) is 13.2 Å². The summed E-state index contributed by atoms with van der Waals surface area (Å²) < 4.78 is 48.7. The van der Waals surface area contributed by atoms with E-state index in [1.807, 2.05) is 0 Å². The first kappa shape index (κ1) is 23.3. The van der Waals surface area contributed by atoms with Gasteiger partial charge in [-0.3, -0.25) is 9.59 Å². The first-order valence-electron chi connectivity index (χ1n) is 9.33. The van der Waals surface area contributed by atoms with Crippen LogP contribution in [0.5, 0.6) is 11.5 Å². The maximum atomic E-state index is 12.6. The van der Waals surface area contributed by atoms with Crippen LogP contribution in [0.2, 0.25) is 0 Å². The number of halogens is 3. The van der Waals surface area contributed by atoms with Gasteiger partial charge in [0.15, 0.2) is 17.3 Å². The first-order chi connectivity index (χ1) is 14.1. The van der Waals surface area contributed by atoms with E-state index in [4.69, 9.17) is 9.47 Å². The summed E-state index contributed by atoms with van der Waals surface area (Å²) in [4.78, 5) is 25.1. The van der Waals surface area contributed by atoms with Crippen molar-refractivity contribution in [1.29, 1.82) is 0 Å².